The highest BCUT2D eigenvalue weighted by molar-refractivity contribution is 5.75. The molecule has 1 amide bonds. The Morgan fingerprint density at radius 1 is 1.38 bits per heavy atom. The summed E-state index contributed by atoms with van der Waals surface area (Å²) in [6.07, 6.45) is 2.98. The van der Waals surface area contributed by atoms with Gasteiger partial charge in [0.25, 0.3) is 0 Å². The minimum absolute atomic E-state index is 0.0164. The van der Waals surface area contributed by atoms with Crippen LogP contribution >= 0.6 is 0 Å². The summed E-state index contributed by atoms with van der Waals surface area (Å²) < 4.78 is 0. The number of carboxylic acids is 1. The molecule has 5 nitrogen and oxygen atoms in total. The summed E-state index contributed by atoms with van der Waals surface area (Å²) in [6.45, 7) is 2.97. The average Bonchev–Trinajstić information content (AvgIpc) is 2.24. The van der Waals surface area contributed by atoms with Crippen LogP contribution in [0.1, 0.15) is 39.0 Å². The van der Waals surface area contributed by atoms with Gasteiger partial charge in [0.05, 0.1) is 0 Å². The van der Waals surface area contributed by atoms with Gasteiger partial charge in [0.15, 0.2) is 0 Å². The van der Waals surface area contributed by atoms with Gasteiger partial charge in [0.1, 0.15) is 0 Å². The van der Waals surface area contributed by atoms with E-state index in [1.807, 2.05) is 6.92 Å². The number of unbranched alkanes of at least 4 members (excludes halogenated alkanes) is 1. The quantitative estimate of drug-likeness (QED) is 0.509. The second-order valence-corrected chi connectivity index (χ2v) is 3.92. The number of carbonyl (C=O) groups is 2. The minimum atomic E-state index is -0.816. The third-order valence-corrected chi connectivity index (χ3v) is 2.49. The van der Waals surface area contributed by atoms with Gasteiger partial charge in [-0.25, -0.2) is 0 Å². The lowest BCUT2D eigenvalue weighted by atomic mass is 10.0. The molecule has 0 aliphatic carbocycles. The van der Waals surface area contributed by atoms with Crippen molar-refractivity contribution < 1.29 is 14.7 Å². The lowest BCUT2D eigenvalue weighted by Gasteiger charge is -2.13. The molecule has 1 atom stereocenters. The topological polar surface area (TPSA) is 92.4 Å². The van der Waals surface area contributed by atoms with Crippen LogP contribution in [0.4, 0.5) is 0 Å². The molecular weight excluding hydrogens is 208 g/mol. The molecule has 0 aromatic carbocycles. The first-order valence-electron chi connectivity index (χ1n) is 5.78. The van der Waals surface area contributed by atoms with Crippen LogP contribution in [0.2, 0.25) is 0 Å². The van der Waals surface area contributed by atoms with E-state index in [1.54, 1.807) is 0 Å². The Hall–Kier alpha value is -1.10. The Morgan fingerprint density at radius 2 is 2.06 bits per heavy atom. The maximum atomic E-state index is 11.3. The molecule has 4 N–H and O–H groups in total. The number of nitrogens with one attached hydrogen (secondary N) is 1. The third-order valence-electron chi connectivity index (χ3n) is 2.49. The lowest BCUT2D eigenvalue weighted by Crippen LogP contribution is -2.30. The number of carboxylic acid groups (broad SMARTS) is 1. The van der Waals surface area contributed by atoms with Crippen molar-refractivity contribution in [3.8, 4) is 0 Å². The van der Waals surface area contributed by atoms with Gasteiger partial charge in [-0.15, -0.1) is 0 Å². The van der Waals surface area contributed by atoms with E-state index in [9.17, 15) is 9.59 Å². The standard InChI is InChI=1S/C11H22N2O3/c1-2-9(7-11(15)16)8-13-10(14)5-3-4-6-12/h9H,2-8,12H2,1H3,(H,13,14)(H,15,16). The smallest absolute Gasteiger partial charge is 0.303 e. The predicted octanol–water partition coefficient (Wildman–Crippen LogP) is 0.733. The van der Waals surface area contributed by atoms with Gasteiger partial charge in [0, 0.05) is 19.4 Å². The fourth-order valence-electron chi connectivity index (χ4n) is 1.38. The van der Waals surface area contributed by atoms with Gasteiger partial charge in [-0.05, 0) is 25.3 Å². The highest BCUT2D eigenvalue weighted by Crippen LogP contribution is 2.06. The van der Waals surface area contributed by atoms with E-state index in [4.69, 9.17) is 10.8 Å². The van der Waals surface area contributed by atoms with Crippen LogP contribution in [0.5, 0.6) is 0 Å². The molecule has 0 heterocycles. The fourth-order valence-corrected chi connectivity index (χ4v) is 1.38. The Balaban J connectivity index is 3.66. The van der Waals surface area contributed by atoms with Crippen molar-refractivity contribution in [2.75, 3.05) is 13.1 Å². The highest BCUT2D eigenvalue weighted by atomic mass is 16.4. The van der Waals surface area contributed by atoms with Gasteiger partial charge in [0.2, 0.25) is 5.91 Å². The summed E-state index contributed by atoms with van der Waals surface area (Å²) in [5.74, 6) is -0.808. The third kappa shape index (κ3) is 8.23. The molecular formula is C11H22N2O3. The maximum absolute atomic E-state index is 11.3. The zero-order chi connectivity index (χ0) is 12.4. The molecule has 0 radical (unpaired) electrons. The molecule has 5 heteroatoms. The SMILES string of the molecule is CCC(CNC(=O)CCCCN)CC(=O)O. The summed E-state index contributed by atoms with van der Waals surface area (Å²) in [4.78, 5) is 21.8. The summed E-state index contributed by atoms with van der Waals surface area (Å²) >= 11 is 0. The first kappa shape index (κ1) is 14.9. The second kappa shape index (κ2) is 9.15. The molecule has 16 heavy (non-hydrogen) atoms. The van der Waals surface area contributed by atoms with Crippen LogP contribution in [0, 0.1) is 5.92 Å². The number of carbonyl (C=O) groups excluding carboxylic acids is 1. The van der Waals surface area contributed by atoms with Crippen molar-refractivity contribution in [3.05, 3.63) is 0 Å². The average molecular weight is 230 g/mol. The lowest BCUT2D eigenvalue weighted by molar-refractivity contribution is -0.138. The number of hydrogen-bond donors (Lipinski definition) is 3. The number of nitrogens with two attached hydrogens (primary N) is 1. The second-order valence-electron chi connectivity index (χ2n) is 3.92. The van der Waals surface area contributed by atoms with E-state index < -0.39 is 5.97 Å². The zero-order valence-corrected chi connectivity index (χ0v) is 9.87. The molecule has 0 spiro atoms. The number of amides is 1. The highest BCUT2D eigenvalue weighted by Gasteiger charge is 2.12. The fraction of sp³-hybridized carbons (Fsp3) is 0.818. The van der Waals surface area contributed by atoms with Crippen LogP contribution in [-0.2, 0) is 9.59 Å². The Labute approximate surface area is 96.4 Å². The van der Waals surface area contributed by atoms with Crippen LogP contribution in [-0.4, -0.2) is 30.1 Å². The van der Waals surface area contributed by atoms with E-state index in [-0.39, 0.29) is 18.2 Å². The van der Waals surface area contributed by atoms with E-state index >= 15 is 0 Å². The summed E-state index contributed by atoms with van der Waals surface area (Å²) in [5.41, 5.74) is 5.32. The Kier molecular flexibility index (Phi) is 8.52. The molecule has 0 bridgehead atoms. The van der Waals surface area contributed by atoms with Gasteiger partial charge in [-0.1, -0.05) is 13.3 Å². The number of aliphatic carboxylic acids is 1. The van der Waals surface area contributed by atoms with Crippen LogP contribution in [0.15, 0.2) is 0 Å². The Bertz CT molecular complexity index is 219. The molecule has 0 aromatic heterocycles. The summed E-state index contributed by atoms with van der Waals surface area (Å²) in [6, 6.07) is 0. The molecule has 0 fully saturated rings. The first-order chi connectivity index (χ1) is 7.60. The van der Waals surface area contributed by atoms with Crippen LogP contribution < -0.4 is 11.1 Å². The molecule has 0 saturated carbocycles. The molecule has 0 rings (SSSR count). The van der Waals surface area contributed by atoms with E-state index in [1.165, 1.54) is 0 Å². The van der Waals surface area contributed by atoms with Crippen LogP contribution in [0.3, 0.4) is 0 Å². The van der Waals surface area contributed by atoms with Gasteiger partial charge >= 0.3 is 5.97 Å². The molecule has 0 aliphatic heterocycles. The summed E-state index contributed by atoms with van der Waals surface area (Å²) in [5, 5.41) is 11.4. The van der Waals surface area contributed by atoms with E-state index in [0.29, 0.717) is 19.5 Å². The Morgan fingerprint density at radius 3 is 2.56 bits per heavy atom. The van der Waals surface area contributed by atoms with E-state index in [2.05, 4.69) is 5.32 Å². The molecule has 0 aliphatic rings. The van der Waals surface area contributed by atoms with Crippen molar-refractivity contribution in [2.45, 2.75) is 39.0 Å². The van der Waals surface area contributed by atoms with Gasteiger partial charge < -0.3 is 16.2 Å². The largest absolute Gasteiger partial charge is 0.481 e. The van der Waals surface area contributed by atoms with Crippen molar-refractivity contribution in [2.24, 2.45) is 11.7 Å². The normalized spacial score (nSPS) is 12.1. The maximum Gasteiger partial charge on any atom is 0.303 e. The zero-order valence-electron chi connectivity index (χ0n) is 9.87. The van der Waals surface area contributed by atoms with Crippen molar-refractivity contribution in [1.82, 2.24) is 5.32 Å². The molecule has 0 saturated heterocycles. The molecule has 0 aromatic rings. The molecule has 94 valence electrons. The molecule has 1 unspecified atom stereocenters. The van der Waals surface area contributed by atoms with Crippen molar-refractivity contribution >= 4 is 11.9 Å². The van der Waals surface area contributed by atoms with Crippen molar-refractivity contribution in [3.63, 3.8) is 0 Å². The van der Waals surface area contributed by atoms with Gasteiger partial charge in [-0.3, -0.25) is 9.59 Å². The van der Waals surface area contributed by atoms with Crippen molar-refractivity contribution in [1.29, 1.82) is 0 Å². The number of rotatable bonds is 9. The minimum Gasteiger partial charge on any atom is -0.481 e. The first-order valence-corrected chi connectivity index (χ1v) is 5.78. The van der Waals surface area contributed by atoms with Crippen LogP contribution in [0.25, 0.3) is 0 Å². The predicted molar refractivity (Wildman–Crippen MR) is 61.9 cm³/mol. The van der Waals surface area contributed by atoms with Gasteiger partial charge in [-0.2, -0.15) is 0 Å². The monoisotopic (exact) mass is 230 g/mol. The number of hydrogen-bond acceptors (Lipinski definition) is 3. The van der Waals surface area contributed by atoms with E-state index in [0.717, 1.165) is 19.3 Å². The summed E-state index contributed by atoms with van der Waals surface area (Å²) in [7, 11) is 0.